The van der Waals surface area contributed by atoms with E-state index in [1.54, 1.807) is 6.07 Å². The smallest absolute Gasteiger partial charge is 0.178 e. The van der Waals surface area contributed by atoms with Gasteiger partial charge in [0, 0.05) is 12.6 Å². The number of hydrogen-bond donors (Lipinski definition) is 0. The molecule has 0 bridgehead atoms. The van der Waals surface area contributed by atoms with E-state index in [0.29, 0.717) is 12.4 Å². The molecule has 3 rings (SSSR count). The van der Waals surface area contributed by atoms with Crippen LogP contribution in [0.2, 0.25) is 0 Å². The van der Waals surface area contributed by atoms with Gasteiger partial charge in [-0.25, -0.2) is 4.39 Å². The molecule has 0 fully saturated rings. The standard InChI is InChI=1S/C13H13FN2O/c14-11-4-1-5-12-13(11)17-8-7-16(12)9-10-3-2-6-15-10/h1,3-6H,2,7-9H2. The van der Waals surface area contributed by atoms with Crippen molar-refractivity contribution in [3.05, 3.63) is 35.8 Å². The van der Waals surface area contributed by atoms with Gasteiger partial charge in [-0.3, -0.25) is 4.99 Å². The van der Waals surface area contributed by atoms with Gasteiger partial charge in [-0.05, 0) is 12.1 Å². The van der Waals surface area contributed by atoms with Crippen LogP contribution in [0.1, 0.15) is 6.42 Å². The Hall–Kier alpha value is -1.84. The van der Waals surface area contributed by atoms with E-state index < -0.39 is 0 Å². The van der Waals surface area contributed by atoms with Gasteiger partial charge in [-0.15, -0.1) is 0 Å². The van der Waals surface area contributed by atoms with Crippen LogP contribution in [-0.2, 0) is 0 Å². The van der Waals surface area contributed by atoms with Gasteiger partial charge in [0.05, 0.1) is 24.5 Å². The van der Waals surface area contributed by atoms with Gasteiger partial charge in [0.1, 0.15) is 6.61 Å². The van der Waals surface area contributed by atoms with E-state index in [1.807, 2.05) is 12.3 Å². The van der Waals surface area contributed by atoms with Crippen LogP contribution in [0.5, 0.6) is 5.75 Å². The zero-order chi connectivity index (χ0) is 11.7. The summed E-state index contributed by atoms with van der Waals surface area (Å²) in [6.45, 7) is 2.00. The molecule has 88 valence electrons. The molecule has 4 heteroatoms. The van der Waals surface area contributed by atoms with E-state index >= 15 is 0 Å². The third-order valence-electron chi connectivity index (χ3n) is 2.96. The zero-order valence-electron chi connectivity index (χ0n) is 9.40. The Morgan fingerprint density at radius 2 is 2.35 bits per heavy atom. The van der Waals surface area contributed by atoms with Crippen LogP contribution in [0.25, 0.3) is 0 Å². The SMILES string of the molecule is Fc1cccc2c1OCCN2CC1=CCC=N1. The van der Waals surface area contributed by atoms with Crippen molar-refractivity contribution in [1.82, 2.24) is 0 Å². The molecule has 0 amide bonds. The number of allylic oxidation sites excluding steroid dienone is 1. The Kier molecular flexibility index (Phi) is 2.55. The maximum Gasteiger partial charge on any atom is 0.178 e. The summed E-state index contributed by atoms with van der Waals surface area (Å²) in [6.07, 6.45) is 4.88. The van der Waals surface area contributed by atoms with Crippen LogP contribution < -0.4 is 9.64 Å². The average molecular weight is 232 g/mol. The monoisotopic (exact) mass is 232 g/mol. The first-order valence-corrected chi connectivity index (χ1v) is 5.72. The van der Waals surface area contributed by atoms with Crippen LogP contribution >= 0.6 is 0 Å². The fraction of sp³-hybridized carbons (Fsp3) is 0.308. The number of fused-ring (bicyclic) bond motifs is 1. The number of nitrogens with zero attached hydrogens (tertiary/aromatic N) is 2. The Bertz CT molecular complexity index is 496. The first kappa shape index (κ1) is 10.3. The lowest BCUT2D eigenvalue weighted by atomic mass is 10.2. The van der Waals surface area contributed by atoms with Crippen molar-refractivity contribution >= 4 is 11.9 Å². The number of anilines is 1. The average Bonchev–Trinajstić information content (AvgIpc) is 2.83. The quantitative estimate of drug-likeness (QED) is 0.782. The second kappa shape index (κ2) is 4.20. The largest absolute Gasteiger partial charge is 0.486 e. The molecule has 1 aromatic carbocycles. The Morgan fingerprint density at radius 3 is 3.18 bits per heavy atom. The summed E-state index contributed by atoms with van der Waals surface area (Å²) in [5.41, 5.74) is 1.86. The van der Waals surface area contributed by atoms with Crippen molar-refractivity contribution in [2.75, 3.05) is 24.6 Å². The topological polar surface area (TPSA) is 24.8 Å². The van der Waals surface area contributed by atoms with Gasteiger partial charge in [0.2, 0.25) is 0 Å². The Balaban J connectivity index is 1.89. The van der Waals surface area contributed by atoms with Gasteiger partial charge >= 0.3 is 0 Å². The van der Waals surface area contributed by atoms with Crippen molar-refractivity contribution in [3.63, 3.8) is 0 Å². The van der Waals surface area contributed by atoms with Crippen LogP contribution in [0.15, 0.2) is 35.0 Å². The minimum absolute atomic E-state index is 0.295. The van der Waals surface area contributed by atoms with E-state index in [9.17, 15) is 4.39 Å². The van der Waals surface area contributed by atoms with E-state index in [4.69, 9.17) is 4.74 Å². The lowest BCUT2D eigenvalue weighted by Crippen LogP contribution is -2.34. The van der Waals surface area contributed by atoms with Gasteiger partial charge in [-0.2, -0.15) is 0 Å². The number of hydrogen-bond acceptors (Lipinski definition) is 3. The molecule has 2 heterocycles. The summed E-state index contributed by atoms with van der Waals surface area (Å²) in [6, 6.07) is 5.02. The maximum absolute atomic E-state index is 13.6. The summed E-state index contributed by atoms with van der Waals surface area (Å²) in [7, 11) is 0. The second-order valence-electron chi connectivity index (χ2n) is 4.10. The molecule has 0 spiro atoms. The molecule has 0 radical (unpaired) electrons. The fourth-order valence-electron chi connectivity index (χ4n) is 2.14. The summed E-state index contributed by atoms with van der Waals surface area (Å²) >= 11 is 0. The lowest BCUT2D eigenvalue weighted by molar-refractivity contribution is 0.293. The molecule has 0 atom stereocenters. The van der Waals surface area contributed by atoms with Crippen LogP contribution in [-0.4, -0.2) is 25.9 Å². The van der Waals surface area contributed by atoms with Gasteiger partial charge in [0.25, 0.3) is 0 Å². The molecular weight excluding hydrogens is 219 g/mol. The molecule has 3 nitrogen and oxygen atoms in total. The van der Waals surface area contributed by atoms with Crippen molar-refractivity contribution < 1.29 is 9.13 Å². The zero-order valence-corrected chi connectivity index (χ0v) is 9.40. The normalized spacial score (nSPS) is 17.7. The highest BCUT2D eigenvalue weighted by Crippen LogP contribution is 2.34. The highest BCUT2D eigenvalue weighted by molar-refractivity contribution is 5.66. The minimum Gasteiger partial charge on any atom is -0.486 e. The maximum atomic E-state index is 13.6. The molecule has 0 saturated carbocycles. The summed E-state index contributed by atoms with van der Waals surface area (Å²) < 4.78 is 18.9. The molecule has 2 aliphatic rings. The number of ether oxygens (including phenoxy) is 1. The molecule has 0 N–H and O–H groups in total. The Labute approximate surface area is 99.2 Å². The number of para-hydroxylation sites is 1. The van der Waals surface area contributed by atoms with Crippen molar-refractivity contribution in [2.24, 2.45) is 4.99 Å². The van der Waals surface area contributed by atoms with Crippen LogP contribution in [0.3, 0.4) is 0 Å². The molecule has 2 aliphatic heterocycles. The molecule has 0 aromatic heterocycles. The highest BCUT2D eigenvalue weighted by Gasteiger charge is 2.21. The molecule has 0 unspecified atom stereocenters. The van der Waals surface area contributed by atoms with E-state index in [-0.39, 0.29) is 5.82 Å². The van der Waals surface area contributed by atoms with Gasteiger partial charge in [0.15, 0.2) is 11.6 Å². The van der Waals surface area contributed by atoms with Gasteiger partial charge < -0.3 is 9.64 Å². The summed E-state index contributed by atoms with van der Waals surface area (Å²) in [5, 5.41) is 0. The van der Waals surface area contributed by atoms with E-state index in [1.165, 1.54) is 6.07 Å². The number of rotatable bonds is 2. The Morgan fingerprint density at radius 1 is 1.41 bits per heavy atom. The first-order chi connectivity index (χ1) is 8.34. The van der Waals surface area contributed by atoms with Crippen molar-refractivity contribution in [1.29, 1.82) is 0 Å². The lowest BCUT2D eigenvalue weighted by Gasteiger charge is -2.31. The predicted octanol–water partition coefficient (Wildman–Crippen LogP) is 2.38. The third-order valence-corrected chi connectivity index (χ3v) is 2.96. The molecule has 1 aromatic rings. The summed E-state index contributed by atoms with van der Waals surface area (Å²) in [4.78, 5) is 6.39. The van der Waals surface area contributed by atoms with Crippen LogP contribution in [0.4, 0.5) is 10.1 Å². The number of benzene rings is 1. The molecule has 17 heavy (non-hydrogen) atoms. The summed E-state index contributed by atoms with van der Waals surface area (Å²) in [5.74, 6) is 0.0671. The third kappa shape index (κ3) is 1.90. The first-order valence-electron chi connectivity index (χ1n) is 5.72. The highest BCUT2D eigenvalue weighted by atomic mass is 19.1. The fourth-order valence-corrected chi connectivity index (χ4v) is 2.14. The predicted molar refractivity (Wildman–Crippen MR) is 65.3 cm³/mol. The minimum atomic E-state index is -0.295. The molecular formula is C13H13FN2O. The number of halogens is 1. The molecule has 0 aliphatic carbocycles. The van der Waals surface area contributed by atoms with Crippen molar-refractivity contribution in [3.8, 4) is 5.75 Å². The van der Waals surface area contributed by atoms with Gasteiger partial charge in [-0.1, -0.05) is 12.1 Å². The molecule has 0 saturated heterocycles. The van der Waals surface area contributed by atoms with E-state index in [2.05, 4.69) is 16.0 Å². The number of aliphatic imine (C=N–C) groups is 1. The van der Waals surface area contributed by atoms with E-state index in [0.717, 1.165) is 30.9 Å². The second-order valence-corrected chi connectivity index (χ2v) is 4.10. The van der Waals surface area contributed by atoms with Crippen LogP contribution in [0, 0.1) is 5.82 Å². The van der Waals surface area contributed by atoms with Crippen molar-refractivity contribution in [2.45, 2.75) is 6.42 Å².